The molecule has 2 aromatic heterocycles. The third-order valence-corrected chi connectivity index (χ3v) is 6.03. The average molecular weight is 427 g/mol. The Hall–Kier alpha value is -4.19. The Morgan fingerprint density at radius 3 is 2.75 bits per heavy atom. The predicted octanol–water partition coefficient (Wildman–Crippen LogP) is 3.45. The van der Waals surface area contributed by atoms with Gasteiger partial charge in [-0.05, 0) is 49.2 Å². The van der Waals surface area contributed by atoms with Crippen LogP contribution >= 0.6 is 0 Å². The first-order valence-corrected chi connectivity index (χ1v) is 10.4. The number of hydrogen-bond acceptors (Lipinski definition) is 7. The first-order chi connectivity index (χ1) is 15.5. The van der Waals surface area contributed by atoms with Crippen LogP contribution in [0.15, 0.2) is 42.7 Å². The lowest BCUT2D eigenvalue weighted by Crippen LogP contribution is -2.37. The molecule has 9 heteroatoms. The van der Waals surface area contributed by atoms with Crippen molar-refractivity contribution >= 4 is 45.4 Å². The summed E-state index contributed by atoms with van der Waals surface area (Å²) in [6.45, 7) is 1.17. The third kappa shape index (κ3) is 3.46. The predicted molar refractivity (Wildman–Crippen MR) is 121 cm³/mol. The molecule has 0 unspecified atom stereocenters. The molecule has 0 atom stereocenters. The Labute approximate surface area is 184 Å². The molecular formula is C23H21N7O2. The Kier molecular flexibility index (Phi) is 4.82. The molecule has 1 aliphatic rings. The maximum absolute atomic E-state index is 11.3. The van der Waals surface area contributed by atoms with Crippen LogP contribution < -0.4 is 9.80 Å². The van der Waals surface area contributed by atoms with E-state index in [1.807, 2.05) is 41.1 Å². The SMILES string of the molecule is CN(c1ccc2[nH]cnc2c1)c1nc(N2CCC(C(=O)O)CC2)nc2ccc(C#N)cc12. The van der Waals surface area contributed by atoms with Gasteiger partial charge in [0.25, 0.3) is 0 Å². The molecule has 0 aliphatic carbocycles. The highest BCUT2D eigenvalue weighted by Gasteiger charge is 2.27. The van der Waals surface area contributed by atoms with Crippen LogP contribution in [0.3, 0.4) is 0 Å². The molecule has 5 rings (SSSR count). The molecule has 0 bridgehead atoms. The summed E-state index contributed by atoms with van der Waals surface area (Å²) in [4.78, 5) is 32.4. The van der Waals surface area contributed by atoms with Gasteiger partial charge in [0.2, 0.25) is 5.95 Å². The number of H-pyrrole nitrogens is 1. The van der Waals surface area contributed by atoms with Gasteiger partial charge in [0.05, 0.1) is 40.4 Å². The van der Waals surface area contributed by atoms with E-state index in [4.69, 9.17) is 9.97 Å². The summed E-state index contributed by atoms with van der Waals surface area (Å²) < 4.78 is 0. The van der Waals surface area contributed by atoms with E-state index in [1.165, 1.54) is 0 Å². The molecule has 0 spiro atoms. The first-order valence-electron chi connectivity index (χ1n) is 10.4. The van der Waals surface area contributed by atoms with Crippen molar-refractivity contribution < 1.29 is 9.90 Å². The van der Waals surface area contributed by atoms with Gasteiger partial charge in [-0.15, -0.1) is 0 Å². The molecule has 2 aromatic carbocycles. The molecule has 160 valence electrons. The number of fused-ring (bicyclic) bond motifs is 2. The highest BCUT2D eigenvalue weighted by atomic mass is 16.4. The fourth-order valence-corrected chi connectivity index (χ4v) is 4.14. The Balaban J connectivity index is 1.59. The lowest BCUT2D eigenvalue weighted by Gasteiger charge is -2.31. The largest absolute Gasteiger partial charge is 0.481 e. The number of nitrogens with zero attached hydrogens (tertiary/aromatic N) is 6. The first kappa shape index (κ1) is 19.8. The number of aliphatic carboxylic acids is 1. The van der Waals surface area contributed by atoms with Crippen molar-refractivity contribution in [3.63, 3.8) is 0 Å². The molecular weight excluding hydrogens is 406 g/mol. The van der Waals surface area contributed by atoms with Gasteiger partial charge < -0.3 is 19.9 Å². The number of nitriles is 1. The number of benzene rings is 2. The van der Waals surface area contributed by atoms with E-state index < -0.39 is 5.97 Å². The van der Waals surface area contributed by atoms with Crippen molar-refractivity contribution in [2.45, 2.75) is 12.8 Å². The summed E-state index contributed by atoms with van der Waals surface area (Å²) in [7, 11) is 1.93. The van der Waals surface area contributed by atoms with Gasteiger partial charge in [-0.1, -0.05) is 0 Å². The van der Waals surface area contributed by atoms with Crippen LogP contribution in [0.2, 0.25) is 0 Å². The number of imidazole rings is 1. The lowest BCUT2D eigenvalue weighted by molar-refractivity contribution is -0.142. The highest BCUT2D eigenvalue weighted by Crippen LogP contribution is 2.33. The van der Waals surface area contributed by atoms with Gasteiger partial charge in [-0.3, -0.25) is 4.79 Å². The van der Waals surface area contributed by atoms with E-state index in [-0.39, 0.29) is 5.92 Å². The number of hydrogen-bond donors (Lipinski definition) is 2. The Morgan fingerprint density at radius 1 is 1.19 bits per heavy atom. The van der Waals surface area contributed by atoms with Crippen LogP contribution in [0, 0.1) is 17.2 Å². The number of piperidine rings is 1. The number of aromatic amines is 1. The number of rotatable bonds is 4. The van der Waals surface area contributed by atoms with Gasteiger partial charge in [-0.2, -0.15) is 10.2 Å². The van der Waals surface area contributed by atoms with Crippen LogP contribution in [0.25, 0.3) is 21.9 Å². The fourth-order valence-electron chi connectivity index (χ4n) is 4.14. The van der Waals surface area contributed by atoms with E-state index in [9.17, 15) is 15.2 Å². The standard InChI is InChI=1S/C23H21N7O2/c1-29(16-3-5-19-20(11-16)26-13-25-19)21-17-10-14(12-24)2-4-18(17)27-23(28-21)30-8-6-15(7-9-30)22(31)32/h2-5,10-11,13,15H,6-9H2,1H3,(H,25,26)(H,31,32). The Morgan fingerprint density at radius 2 is 2.00 bits per heavy atom. The van der Waals surface area contributed by atoms with Crippen molar-refractivity contribution in [2.75, 3.05) is 29.9 Å². The molecule has 4 aromatic rings. The molecule has 3 heterocycles. The van der Waals surface area contributed by atoms with Crippen molar-refractivity contribution in [3.8, 4) is 6.07 Å². The van der Waals surface area contributed by atoms with Crippen molar-refractivity contribution in [1.29, 1.82) is 5.26 Å². The molecule has 0 saturated carbocycles. The fraction of sp³-hybridized carbons (Fsp3) is 0.261. The maximum atomic E-state index is 11.3. The number of carboxylic acid groups (broad SMARTS) is 1. The zero-order chi connectivity index (χ0) is 22.2. The normalized spacial score (nSPS) is 14.6. The molecule has 1 saturated heterocycles. The van der Waals surface area contributed by atoms with Crippen molar-refractivity contribution in [1.82, 2.24) is 19.9 Å². The van der Waals surface area contributed by atoms with Crippen LogP contribution in [0.5, 0.6) is 0 Å². The van der Waals surface area contributed by atoms with E-state index in [0.717, 1.165) is 27.6 Å². The van der Waals surface area contributed by atoms with Crippen LogP contribution in [0.1, 0.15) is 18.4 Å². The molecule has 0 amide bonds. The van der Waals surface area contributed by atoms with Gasteiger partial charge in [0.15, 0.2) is 0 Å². The monoisotopic (exact) mass is 427 g/mol. The minimum absolute atomic E-state index is 0.326. The van der Waals surface area contributed by atoms with E-state index in [1.54, 1.807) is 18.5 Å². The molecule has 1 aliphatic heterocycles. The van der Waals surface area contributed by atoms with Crippen LogP contribution in [-0.2, 0) is 4.79 Å². The lowest BCUT2D eigenvalue weighted by atomic mass is 9.97. The van der Waals surface area contributed by atoms with E-state index >= 15 is 0 Å². The van der Waals surface area contributed by atoms with E-state index in [2.05, 4.69) is 16.0 Å². The minimum Gasteiger partial charge on any atom is -0.481 e. The number of carboxylic acids is 1. The molecule has 1 fully saturated rings. The summed E-state index contributed by atoms with van der Waals surface area (Å²) in [5.41, 5.74) is 3.97. The van der Waals surface area contributed by atoms with Crippen LogP contribution in [0.4, 0.5) is 17.5 Å². The third-order valence-electron chi connectivity index (χ3n) is 6.03. The Bertz CT molecular complexity index is 1370. The molecule has 32 heavy (non-hydrogen) atoms. The molecule has 0 radical (unpaired) electrons. The smallest absolute Gasteiger partial charge is 0.306 e. The number of carbonyl (C=O) groups is 1. The summed E-state index contributed by atoms with van der Waals surface area (Å²) in [5.74, 6) is 0.168. The second kappa shape index (κ2) is 7.81. The number of nitrogens with one attached hydrogen (secondary N) is 1. The summed E-state index contributed by atoms with van der Waals surface area (Å²) in [6.07, 6.45) is 2.78. The van der Waals surface area contributed by atoms with Gasteiger partial charge in [-0.25, -0.2) is 9.97 Å². The molecule has 2 N–H and O–H groups in total. The van der Waals surface area contributed by atoms with Crippen molar-refractivity contribution in [3.05, 3.63) is 48.3 Å². The average Bonchev–Trinajstić information content (AvgIpc) is 3.30. The number of anilines is 3. The highest BCUT2D eigenvalue weighted by molar-refractivity contribution is 5.94. The van der Waals surface area contributed by atoms with Crippen LogP contribution in [-0.4, -0.2) is 51.1 Å². The molecule has 9 nitrogen and oxygen atoms in total. The second-order valence-corrected chi connectivity index (χ2v) is 7.95. The topological polar surface area (TPSA) is 122 Å². The summed E-state index contributed by atoms with van der Waals surface area (Å²) in [6, 6.07) is 13.5. The zero-order valence-corrected chi connectivity index (χ0v) is 17.5. The quantitative estimate of drug-likeness (QED) is 0.508. The van der Waals surface area contributed by atoms with E-state index in [0.29, 0.717) is 43.3 Å². The maximum Gasteiger partial charge on any atom is 0.306 e. The summed E-state index contributed by atoms with van der Waals surface area (Å²) in [5, 5.41) is 19.5. The van der Waals surface area contributed by atoms with Gasteiger partial charge in [0, 0.05) is 31.2 Å². The van der Waals surface area contributed by atoms with Gasteiger partial charge >= 0.3 is 5.97 Å². The van der Waals surface area contributed by atoms with Gasteiger partial charge in [0.1, 0.15) is 5.82 Å². The summed E-state index contributed by atoms with van der Waals surface area (Å²) >= 11 is 0. The zero-order valence-electron chi connectivity index (χ0n) is 17.5. The van der Waals surface area contributed by atoms with Crippen molar-refractivity contribution in [2.24, 2.45) is 5.92 Å². The second-order valence-electron chi connectivity index (χ2n) is 7.95. The minimum atomic E-state index is -0.748. The number of aromatic nitrogens is 4.